The highest BCUT2D eigenvalue weighted by molar-refractivity contribution is 6.31. The maximum atomic E-state index is 5.94. The summed E-state index contributed by atoms with van der Waals surface area (Å²) in [5, 5.41) is 7.40. The van der Waals surface area contributed by atoms with Gasteiger partial charge in [-0.15, -0.1) is 12.4 Å². The Labute approximate surface area is 101 Å². The molecule has 15 heavy (non-hydrogen) atoms. The molecular weight excluding hydrogens is 233 g/mol. The highest BCUT2D eigenvalue weighted by Crippen LogP contribution is 2.29. The fraction of sp³-hybridized carbons (Fsp3) is 0.400. The standard InChI is InChI=1S/C10H14ClN3.ClH/c1-6-4-14-10-7(5-13-6)2-8(11)3-9(10)12;/h2-3,6,13-14H,4-5,12H2,1H3;1H. The molecule has 0 aliphatic carbocycles. The summed E-state index contributed by atoms with van der Waals surface area (Å²) in [6, 6.07) is 4.18. The second-order valence-electron chi connectivity index (χ2n) is 3.69. The van der Waals surface area contributed by atoms with Crippen LogP contribution in [0.2, 0.25) is 5.02 Å². The molecule has 4 N–H and O–H groups in total. The van der Waals surface area contributed by atoms with Gasteiger partial charge >= 0.3 is 0 Å². The van der Waals surface area contributed by atoms with Gasteiger partial charge in [0.15, 0.2) is 0 Å². The zero-order valence-electron chi connectivity index (χ0n) is 8.51. The second kappa shape index (κ2) is 4.92. The molecule has 3 nitrogen and oxygen atoms in total. The van der Waals surface area contributed by atoms with Crippen LogP contribution in [0.1, 0.15) is 12.5 Å². The van der Waals surface area contributed by atoms with Crippen LogP contribution in [0.3, 0.4) is 0 Å². The van der Waals surface area contributed by atoms with Gasteiger partial charge in [-0.05, 0) is 24.6 Å². The van der Waals surface area contributed by atoms with Crippen molar-refractivity contribution in [3.63, 3.8) is 0 Å². The predicted molar refractivity (Wildman–Crippen MR) is 67.9 cm³/mol. The van der Waals surface area contributed by atoms with E-state index in [0.29, 0.717) is 11.1 Å². The van der Waals surface area contributed by atoms with Gasteiger partial charge in [0.05, 0.1) is 11.4 Å². The molecule has 0 spiro atoms. The molecule has 0 saturated heterocycles. The monoisotopic (exact) mass is 247 g/mol. The number of halogens is 2. The van der Waals surface area contributed by atoms with Crippen LogP contribution in [0.5, 0.6) is 0 Å². The van der Waals surface area contributed by atoms with Gasteiger partial charge in [0.1, 0.15) is 0 Å². The number of benzene rings is 1. The van der Waals surface area contributed by atoms with Crippen molar-refractivity contribution in [2.45, 2.75) is 19.5 Å². The van der Waals surface area contributed by atoms with Gasteiger partial charge < -0.3 is 16.4 Å². The summed E-state index contributed by atoms with van der Waals surface area (Å²) in [6.45, 7) is 3.84. The number of hydrogen-bond donors (Lipinski definition) is 3. The zero-order chi connectivity index (χ0) is 10.1. The van der Waals surface area contributed by atoms with Crippen molar-refractivity contribution in [3.05, 3.63) is 22.7 Å². The molecule has 1 atom stereocenters. The number of anilines is 2. The Morgan fingerprint density at radius 2 is 2.20 bits per heavy atom. The van der Waals surface area contributed by atoms with Gasteiger partial charge in [-0.3, -0.25) is 0 Å². The lowest BCUT2D eigenvalue weighted by Crippen LogP contribution is -2.29. The number of nitrogen functional groups attached to an aromatic ring is 1. The Hall–Kier alpha value is -0.640. The van der Waals surface area contributed by atoms with Gasteiger partial charge in [-0.1, -0.05) is 11.6 Å². The first-order valence-corrected chi connectivity index (χ1v) is 5.10. The molecule has 0 amide bonds. The van der Waals surface area contributed by atoms with E-state index in [0.717, 1.165) is 30.0 Å². The molecule has 0 bridgehead atoms. The van der Waals surface area contributed by atoms with Gasteiger partial charge in [0, 0.05) is 24.2 Å². The summed E-state index contributed by atoms with van der Waals surface area (Å²) in [7, 11) is 0. The largest absolute Gasteiger partial charge is 0.397 e. The topological polar surface area (TPSA) is 50.1 Å². The molecule has 0 aromatic heterocycles. The smallest absolute Gasteiger partial charge is 0.0621 e. The van der Waals surface area contributed by atoms with E-state index >= 15 is 0 Å². The molecule has 84 valence electrons. The van der Waals surface area contributed by atoms with E-state index in [1.807, 2.05) is 6.07 Å². The lowest BCUT2D eigenvalue weighted by molar-refractivity contribution is 0.581. The maximum absolute atomic E-state index is 5.94. The van der Waals surface area contributed by atoms with Crippen molar-refractivity contribution in [2.75, 3.05) is 17.6 Å². The first kappa shape index (κ1) is 12.4. The first-order chi connectivity index (χ1) is 6.66. The normalized spacial score (nSPS) is 19.5. The SMILES string of the molecule is CC1CNc2c(N)cc(Cl)cc2CN1.Cl. The highest BCUT2D eigenvalue weighted by Gasteiger charge is 2.13. The number of rotatable bonds is 0. The van der Waals surface area contributed by atoms with Crippen LogP contribution in [-0.2, 0) is 6.54 Å². The Kier molecular flexibility index (Phi) is 4.08. The molecule has 0 fully saturated rings. The number of nitrogens with one attached hydrogen (secondary N) is 2. The molecule has 1 aromatic carbocycles. The summed E-state index contributed by atoms with van der Waals surface area (Å²) >= 11 is 5.94. The van der Waals surface area contributed by atoms with Crippen LogP contribution in [0, 0.1) is 0 Å². The highest BCUT2D eigenvalue weighted by atomic mass is 35.5. The van der Waals surface area contributed by atoms with Gasteiger partial charge in [0.25, 0.3) is 0 Å². The third-order valence-corrected chi connectivity index (χ3v) is 2.66. The summed E-state index contributed by atoms with van der Waals surface area (Å²) in [6.07, 6.45) is 0. The minimum absolute atomic E-state index is 0. The Bertz CT molecular complexity index is 355. The fourth-order valence-corrected chi connectivity index (χ4v) is 1.90. The van der Waals surface area contributed by atoms with Crippen molar-refractivity contribution in [3.8, 4) is 0 Å². The second-order valence-corrected chi connectivity index (χ2v) is 4.13. The van der Waals surface area contributed by atoms with E-state index in [2.05, 4.69) is 17.6 Å². The van der Waals surface area contributed by atoms with E-state index in [1.54, 1.807) is 6.07 Å². The predicted octanol–water partition coefficient (Wildman–Crippen LogP) is 2.25. The van der Waals surface area contributed by atoms with Crippen molar-refractivity contribution >= 4 is 35.4 Å². The Morgan fingerprint density at radius 3 is 2.93 bits per heavy atom. The summed E-state index contributed by atoms with van der Waals surface area (Å²) in [5.74, 6) is 0. The van der Waals surface area contributed by atoms with Crippen LogP contribution in [0.4, 0.5) is 11.4 Å². The maximum Gasteiger partial charge on any atom is 0.0621 e. The quantitative estimate of drug-likeness (QED) is 0.617. The van der Waals surface area contributed by atoms with Gasteiger partial charge in [-0.25, -0.2) is 0 Å². The lowest BCUT2D eigenvalue weighted by atomic mass is 10.1. The molecule has 1 unspecified atom stereocenters. The summed E-state index contributed by atoms with van der Waals surface area (Å²) < 4.78 is 0. The van der Waals surface area contributed by atoms with Crippen LogP contribution in [0.15, 0.2) is 12.1 Å². The van der Waals surface area contributed by atoms with E-state index in [9.17, 15) is 0 Å². The van der Waals surface area contributed by atoms with Gasteiger partial charge in [-0.2, -0.15) is 0 Å². The van der Waals surface area contributed by atoms with Gasteiger partial charge in [0.2, 0.25) is 0 Å². The fourth-order valence-electron chi connectivity index (χ4n) is 1.65. The lowest BCUT2D eigenvalue weighted by Gasteiger charge is -2.11. The summed E-state index contributed by atoms with van der Waals surface area (Å²) in [4.78, 5) is 0. The van der Waals surface area contributed by atoms with Crippen molar-refractivity contribution in [1.29, 1.82) is 0 Å². The van der Waals surface area contributed by atoms with Crippen molar-refractivity contribution in [2.24, 2.45) is 0 Å². The number of fused-ring (bicyclic) bond motifs is 1. The third-order valence-electron chi connectivity index (χ3n) is 2.44. The average Bonchev–Trinajstić information content (AvgIpc) is 2.28. The molecule has 1 aliphatic heterocycles. The van der Waals surface area contributed by atoms with Crippen LogP contribution >= 0.6 is 24.0 Å². The first-order valence-electron chi connectivity index (χ1n) is 4.72. The number of hydrogen-bond acceptors (Lipinski definition) is 3. The number of nitrogens with two attached hydrogens (primary N) is 1. The molecule has 1 heterocycles. The molecule has 5 heteroatoms. The minimum atomic E-state index is 0. The van der Waals surface area contributed by atoms with Crippen molar-refractivity contribution in [1.82, 2.24) is 5.32 Å². The van der Waals surface area contributed by atoms with E-state index in [4.69, 9.17) is 17.3 Å². The van der Waals surface area contributed by atoms with E-state index in [-0.39, 0.29) is 12.4 Å². The molecule has 0 radical (unpaired) electrons. The van der Waals surface area contributed by atoms with Crippen LogP contribution in [-0.4, -0.2) is 12.6 Å². The molecular formula is C10H15Cl2N3. The molecule has 0 saturated carbocycles. The average molecular weight is 248 g/mol. The zero-order valence-corrected chi connectivity index (χ0v) is 10.1. The van der Waals surface area contributed by atoms with Crippen LogP contribution < -0.4 is 16.4 Å². The Balaban J connectivity index is 0.00000112. The summed E-state index contributed by atoms with van der Waals surface area (Å²) in [5.41, 5.74) is 8.77. The van der Waals surface area contributed by atoms with E-state index < -0.39 is 0 Å². The minimum Gasteiger partial charge on any atom is -0.397 e. The van der Waals surface area contributed by atoms with Crippen LogP contribution in [0.25, 0.3) is 0 Å². The van der Waals surface area contributed by atoms with E-state index in [1.165, 1.54) is 0 Å². The Morgan fingerprint density at radius 1 is 1.47 bits per heavy atom. The molecule has 2 rings (SSSR count). The molecule has 1 aliphatic rings. The third kappa shape index (κ3) is 2.68. The van der Waals surface area contributed by atoms with Crippen molar-refractivity contribution < 1.29 is 0 Å². The molecule has 1 aromatic rings.